The summed E-state index contributed by atoms with van der Waals surface area (Å²) in [6.07, 6.45) is 8.84. The van der Waals surface area contributed by atoms with Crippen molar-refractivity contribution in [2.45, 2.75) is 109 Å². The maximum absolute atomic E-state index is 13.0. The molecule has 8 nitrogen and oxygen atoms in total. The lowest BCUT2D eigenvalue weighted by atomic mass is 9.89. The number of thioether (sulfide) groups is 2. The molecule has 0 aromatic heterocycles. The van der Waals surface area contributed by atoms with Gasteiger partial charge >= 0.3 is 0 Å². The Bertz CT molecular complexity index is 1100. The molecule has 0 spiro atoms. The summed E-state index contributed by atoms with van der Waals surface area (Å²) in [4.78, 5) is 80.7. The zero-order valence-electron chi connectivity index (χ0n) is 24.7. The van der Waals surface area contributed by atoms with Gasteiger partial charge in [-0.2, -0.15) is 0 Å². The predicted octanol–water partition coefficient (Wildman–Crippen LogP) is 5.20. The Balaban J connectivity index is 1.13. The van der Waals surface area contributed by atoms with Crippen molar-refractivity contribution in [1.82, 2.24) is 9.80 Å². The van der Waals surface area contributed by atoms with Crippen LogP contribution in [0, 0.1) is 11.8 Å². The SMILES string of the molecule is CC(C)(CCCC(=O)CCCC(=O)CCCC(C)(C)N1C(=O)C=C2SCCC2C1=O)N1C(=O)C=C2SCCC2C1=O. The molecule has 0 radical (unpaired) electrons. The molecule has 2 unspecified atom stereocenters. The van der Waals surface area contributed by atoms with Crippen LogP contribution in [-0.4, -0.2) is 67.6 Å². The molecule has 2 atom stereocenters. The Kier molecular flexibility index (Phi) is 10.0. The molecule has 10 heteroatoms. The van der Waals surface area contributed by atoms with Gasteiger partial charge in [0.25, 0.3) is 11.8 Å². The number of fused-ring (bicyclic) bond motifs is 2. The van der Waals surface area contributed by atoms with Crippen molar-refractivity contribution >= 4 is 58.7 Å². The van der Waals surface area contributed by atoms with Crippen LogP contribution in [0.5, 0.6) is 0 Å². The first-order valence-corrected chi connectivity index (χ1v) is 16.8. The summed E-state index contributed by atoms with van der Waals surface area (Å²) >= 11 is 3.17. The largest absolute Gasteiger partial charge is 0.300 e. The summed E-state index contributed by atoms with van der Waals surface area (Å²) in [7, 11) is 0. The molecule has 2 fully saturated rings. The normalized spacial score (nSPS) is 23.0. The lowest BCUT2D eigenvalue weighted by Crippen LogP contribution is -2.54. The van der Waals surface area contributed by atoms with E-state index in [1.165, 1.54) is 9.80 Å². The van der Waals surface area contributed by atoms with Gasteiger partial charge in [0.05, 0.1) is 11.8 Å². The average Bonchev–Trinajstić information content (AvgIpc) is 3.53. The van der Waals surface area contributed by atoms with Crippen LogP contribution in [-0.2, 0) is 28.8 Å². The van der Waals surface area contributed by atoms with Crippen LogP contribution in [0.1, 0.15) is 98.3 Å². The van der Waals surface area contributed by atoms with Gasteiger partial charge in [-0.3, -0.25) is 38.6 Å². The highest BCUT2D eigenvalue weighted by atomic mass is 32.2. The Labute approximate surface area is 251 Å². The van der Waals surface area contributed by atoms with Crippen LogP contribution in [0.25, 0.3) is 0 Å². The van der Waals surface area contributed by atoms with Gasteiger partial charge in [0.2, 0.25) is 11.8 Å². The molecule has 41 heavy (non-hydrogen) atoms. The van der Waals surface area contributed by atoms with Crippen molar-refractivity contribution in [3.63, 3.8) is 0 Å². The second-order valence-corrected chi connectivity index (χ2v) is 15.1. The summed E-state index contributed by atoms with van der Waals surface area (Å²) in [5.74, 6) is 0.716. The van der Waals surface area contributed by atoms with Gasteiger partial charge in [-0.1, -0.05) is 0 Å². The number of rotatable bonds is 14. The topological polar surface area (TPSA) is 109 Å². The lowest BCUT2D eigenvalue weighted by Gasteiger charge is -2.40. The molecule has 0 saturated carbocycles. The van der Waals surface area contributed by atoms with E-state index in [4.69, 9.17) is 0 Å². The highest BCUT2D eigenvalue weighted by Crippen LogP contribution is 2.43. The monoisotopic (exact) mass is 602 g/mol. The fraction of sp³-hybridized carbons (Fsp3) is 0.677. The Morgan fingerprint density at radius 2 is 1.05 bits per heavy atom. The second kappa shape index (κ2) is 13.0. The maximum Gasteiger partial charge on any atom is 0.254 e. The van der Waals surface area contributed by atoms with E-state index in [9.17, 15) is 28.8 Å². The number of hydrogen-bond donors (Lipinski definition) is 0. The molecule has 4 rings (SSSR count). The molecule has 4 aliphatic rings. The number of amides is 4. The molecular formula is C31H42N2O6S2. The standard InChI is InChI=1S/C31H42N2O6S2/c1-30(2,32-26(36)18-24-22(28(32)38)12-16-40-24)14-6-10-20(34)8-5-9-21(35)11-7-15-31(3,4)33-27(37)19-25-23(29(33)39)13-17-41-25/h18-19,22-23H,5-17H2,1-4H3. The third kappa shape index (κ3) is 7.24. The molecule has 4 aliphatic heterocycles. The summed E-state index contributed by atoms with van der Waals surface area (Å²) < 4.78 is 0. The number of carbonyl (C=O) groups is 6. The number of imide groups is 2. The van der Waals surface area contributed by atoms with Gasteiger partial charge in [-0.15, -0.1) is 23.5 Å². The fourth-order valence-electron chi connectivity index (χ4n) is 6.34. The predicted molar refractivity (Wildman–Crippen MR) is 161 cm³/mol. The van der Waals surface area contributed by atoms with Gasteiger partial charge in [0.15, 0.2) is 0 Å². The molecular weight excluding hydrogens is 560 g/mol. The van der Waals surface area contributed by atoms with E-state index in [-0.39, 0.29) is 47.0 Å². The van der Waals surface area contributed by atoms with E-state index in [2.05, 4.69) is 0 Å². The minimum Gasteiger partial charge on any atom is -0.300 e. The number of Topliss-reactive ketones (excluding diaryl/α,β-unsaturated/α-hetero) is 2. The van der Waals surface area contributed by atoms with E-state index >= 15 is 0 Å². The molecule has 4 amide bonds. The zero-order chi connectivity index (χ0) is 29.9. The first kappa shape index (κ1) is 31.7. The third-order valence-electron chi connectivity index (χ3n) is 8.66. The number of nitrogens with zero attached hydrogens (tertiary/aromatic N) is 2. The van der Waals surface area contributed by atoms with Crippen LogP contribution in [0.3, 0.4) is 0 Å². The van der Waals surface area contributed by atoms with Crippen molar-refractivity contribution in [3.8, 4) is 0 Å². The van der Waals surface area contributed by atoms with Crippen LogP contribution >= 0.6 is 23.5 Å². The molecule has 0 N–H and O–H groups in total. The number of carbonyl (C=O) groups excluding carboxylic acids is 6. The van der Waals surface area contributed by atoms with E-state index in [0.29, 0.717) is 57.8 Å². The van der Waals surface area contributed by atoms with E-state index in [1.807, 2.05) is 27.7 Å². The van der Waals surface area contributed by atoms with Crippen LogP contribution in [0.15, 0.2) is 22.0 Å². The minimum absolute atomic E-state index is 0.0834. The molecule has 0 aromatic carbocycles. The van der Waals surface area contributed by atoms with Gasteiger partial charge in [0, 0.05) is 58.7 Å². The summed E-state index contributed by atoms with van der Waals surface area (Å²) in [5.41, 5.74) is -1.32. The highest BCUT2D eigenvalue weighted by Gasteiger charge is 2.45. The molecule has 0 bridgehead atoms. The maximum atomic E-state index is 13.0. The van der Waals surface area contributed by atoms with Crippen molar-refractivity contribution in [3.05, 3.63) is 22.0 Å². The first-order chi connectivity index (χ1) is 19.3. The highest BCUT2D eigenvalue weighted by molar-refractivity contribution is 8.03. The summed E-state index contributed by atoms with van der Waals surface area (Å²) in [6.45, 7) is 7.53. The average molecular weight is 603 g/mol. The van der Waals surface area contributed by atoms with Crippen molar-refractivity contribution in [2.24, 2.45) is 11.8 Å². The van der Waals surface area contributed by atoms with Crippen molar-refractivity contribution < 1.29 is 28.8 Å². The van der Waals surface area contributed by atoms with E-state index < -0.39 is 11.1 Å². The van der Waals surface area contributed by atoms with Gasteiger partial charge in [-0.25, -0.2) is 0 Å². The molecule has 0 aromatic rings. The van der Waals surface area contributed by atoms with Gasteiger partial charge in [0.1, 0.15) is 11.6 Å². The van der Waals surface area contributed by atoms with Crippen LogP contribution in [0.4, 0.5) is 0 Å². The smallest absolute Gasteiger partial charge is 0.254 e. The third-order valence-corrected chi connectivity index (χ3v) is 11.0. The molecule has 4 heterocycles. The Morgan fingerprint density at radius 3 is 1.44 bits per heavy atom. The van der Waals surface area contributed by atoms with E-state index in [0.717, 1.165) is 34.2 Å². The molecule has 224 valence electrons. The Morgan fingerprint density at radius 1 is 0.683 bits per heavy atom. The first-order valence-electron chi connectivity index (χ1n) is 14.8. The fourth-order valence-corrected chi connectivity index (χ4v) is 8.72. The molecule has 0 aliphatic carbocycles. The second-order valence-electron chi connectivity index (χ2n) is 12.8. The van der Waals surface area contributed by atoms with Crippen molar-refractivity contribution in [2.75, 3.05) is 11.5 Å². The lowest BCUT2D eigenvalue weighted by molar-refractivity contribution is -0.153. The van der Waals surface area contributed by atoms with Gasteiger partial charge < -0.3 is 0 Å². The zero-order valence-corrected chi connectivity index (χ0v) is 26.3. The van der Waals surface area contributed by atoms with Gasteiger partial charge in [-0.05, 0) is 84.1 Å². The number of ketones is 2. The Hall–Kier alpha value is -2.20. The summed E-state index contributed by atoms with van der Waals surface area (Å²) in [6, 6.07) is 0. The van der Waals surface area contributed by atoms with Crippen LogP contribution < -0.4 is 0 Å². The molecule has 2 saturated heterocycles. The van der Waals surface area contributed by atoms with Crippen molar-refractivity contribution in [1.29, 1.82) is 0 Å². The summed E-state index contributed by atoms with van der Waals surface area (Å²) in [5, 5.41) is 0. The van der Waals surface area contributed by atoms with Crippen LogP contribution in [0.2, 0.25) is 0 Å². The quantitative estimate of drug-likeness (QED) is 0.250. The van der Waals surface area contributed by atoms with E-state index in [1.54, 1.807) is 35.7 Å². The number of hydrogen-bond acceptors (Lipinski definition) is 8. The minimum atomic E-state index is -0.661.